The topological polar surface area (TPSA) is 57.0 Å². The van der Waals surface area contributed by atoms with Crippen LogP contribution in [0.2, 0.25) is 0 Å². The van der Waals surface area contributed by atoms with Crippen molar-refractivity contribution >= 4 is 5.91 Å². The van der Waals surface area contributed by atoms with Gasteiger partial charge in [-0.25, -0.2) is 0 Å². The SMILES string of the molecule is CC(C#N)C(=O)N(C)Cc1ccncc1. The third-order valence-corrected chi connectivity index (χ3v) is 2.11. The van der Waals surface area contributed by atoms with E-state index in [2.05, 4.69) is 4.98 Å². The Labute approximate surface area is 89.2 Å². The molecule has 0 saturated carbocycles. The first-order chi connectivity index (χ1) is 7.15. The van der Waals surface area contributed by atoms with Crippen molar-refractivity contribution in [2.45, 2.75) is 13.5 Å². The maximum Gasteiger partial charge on any atom is 0.239 e. The number of carbonyl (C=O) groups is 1. The molecule has 1 heterocycles. The number of carbonyl (C=O) groups excluding carboxylic acids is 1. The van der Waals surface area contributed by atoms with Crippen molar-refractivity contribution < 1.29 is 4.79 Å². The van der Waals surface area contributed by atoms with E-state index in [1.165, 1.54) is 0 Å². The Bertz CT molecular complexity index is 369. The minimum Gasteiger partial charge on any atom is -0.340 e. The van der Waals surface area contributed by atoms with Gasteiger partial charge < -0.3 is 4.90 Å². The normalized spacial score (nSPS) is 11.5. The maximum absolute atomic E-state index is 11.6. The first kappa shape index (κ1) is 11.2. The average Bonchev–Trinajstić information content (AvgIpc) is 2.28. The molecule has 1 aromatic heterocycles. The van der Waals surface area contributed by atoms with E-state index in [1.54, 1.807) is 31.3 Å². The highest BCUT2D eigenvalue weighted by molar-refractivity contribution is 5.80. The number of pyridine rings is 1. The molecule has 0 fully saturated rings. The summed E-state index contributed by atoms with van der Waals surface area (Å²) in [5.41, 5.74) is 1.01. The van der Waals surface area contributed by atoms with Gasteiger partial charge in [0.1, 0.15) is 5.92 Å². The second-order valence-electron chi connectivity index (χ2n) is 3.40. The Kier molecular flexibility index (Phi) is 3.81. The highest BCUT2D eigenvalue weighted by Gasteiger charge is 2.16. The summed E-state index contributed by atoms with van der Waals surface area (Å²) in [6.45, 7) is 2.11. The monoisotopic (exact) mass is 203 g/mol. The standard InChI is InChI=1S/C11H13N3O/c1-9(7-12)11(15)14(2)8-10-3-5-13-6-4-10/h3-6,9H,8H2,1-2H3. The van der Waals surface area contributed by atoms with Crippen molar-refractivity contribution in [2.24, 2.45) is 5.92 Å². The molecule has 1 amide bonds. The van der Waals surface area contributed by atoms with E-state index in [-0.39, 0.29) is 5.91 Å². The molecule has 1 rings (SSSR count). The fraction of sp³-hybridized carbons (Fsp3) is 0.364. The van der Waals surface area contributed by atoms with Crippen LogP contribution < -0.4 is 0 Å². The van der Waals surface area contributed by atoms with Crippen molar-refractivity contribution in [3.05, 3.63) is 30.1 Å². The third kappa shape index (κ3) is 3.06. The van der Waals surface area contributed by atoms with Crippen LogP contribution in [-0.4, -0.2) is 22.8 Å². The van der Waals surface area contributed by atoms with E-state index in [1.807, 2.05) is 18.2 Å². The highest BCUT2D eigenvalue weighted by atomic mass is 16.2. The summed E-state index contributed by atoms with van der Waals surface area (Å²) in [6.07, 6.45) is 3.36. The quantitative estimate of drug-likeness (QED) is 0.741. The predicted octanol–water partition coefficient (Wildman–Crippen LogP) is 1.20. The summed E-state index contributed by atoms with van der Waals surface area (Å²) < 4.78 is 0. The van der Waals surface area contributed by atoms with Crippen LogP contribution >= 0.6 is 0 Å². The summed E-state index contributed by atoms with van der Waals surface area (Å²) >= 11 is 0. The van der Waals surface area contributed by atoms with Gasteiger partial charge >= 0.3 is 0 Å². The molecule has 0 radical (unpaired) electrons. The van der Waals surface area contributed by atoms with Gasteiger partial charge in [0.25, 0.3) is 0 Å². The predicted molar refractivity (Wildman–Crippen MR) is 55.5 cm³/mol. The van der Waals surface area contributed by atoms with Crippen LogP contribution in [0.3, 0.4) is 0 Å². The lowest BCUT2D eigenvalue weighted by atomic mass is 10.1. The van der Waals surface area contributed by atoms with Crippen LogP contribution in [0.25, 0.3) is 0 Å². The Hall–Kier alpha value is -1.89. The lowest BCUT2D eigenvalue weighted by Gasteiger charge is -2.18. The molecule has 0 spiro atoms. The molecule has 1 unspecified atom stereocenters. The smallest absolute Gasteiger partial charge is 0.239 e. The minimum absolute atomic E-state index is 0.158. The van der Waals surface area contributed by atoms with E-state index >= 15 is 0 Å². The first-order valence-electron chi connectivity index (χ1n) is 4.68. The number of amides is 1. The summed E-state index contributed by atoms with van der Waals surface area (Å²) in [5, 5.41) is 8.61. The molecule has 0 N–H and O–H groups in total. The van der Waals surface area contributed by atoms with Crippen LogP contribution in [0, 0.1) is 17.2 Å². The fourth-order valence-corrected chi connectivity index (χ4v) is 1.23. The van der Waals surface area contributed by atoms with Gasteiger partial charge in [0.05, 0.1) is 6.07 Å². The average molecular weight is 203 g/mol. The zero-order valence-corrected chi connectivity index (χ0v) is 8.84. The fourth-order valence-electron chi connectivity index (χ4n) is 1.23. The minimum atomic E-state index is -0.586. The zero-order chi connectivity index (χ0) is 11.3. The van der Waals surface area contributed by atoms with Crippen LogP contribution in [0.4, 0.5) is 0 Å². The van der Waals surface area contributed by atoms with Crippen molar-refractivity contribution in [1.82, 2.24) is 9.88 Å². The Morgan fingerprint density at radius 2 is 2.20 bits per heavy atom. The van der Waals surface area contributed by atoms with E-state index in [4.69, 9.17) is 5.26 Å². The second-order valence-corrected chi connectivity index (χ2v) is 3.40. The molecular formula is C11H13N3O. The maximum atomic E-state index is 11.6. The molecule has 1 aromatic rings. The number of hydrogen-bond acceptors (Lipinski definition) is 3. The van der Waals surface area contributed by atoms with E-state index in [9.17, 15) is 4.79 Å². The van der Waals surface area contributed by atoms with Crippen molar-refractivity contribution in [1.29, 1.82) is 5.26 Å². The molecule has 0 aliphatic heterocycles. The first-order valence-corrected chi connectivity index (χ1v) is 4.68. The van der Waals surface area contributed by atoms with E-state index < -0.39 is 5.92 Å². The number of aromatic nitrogens is 1. The van der Waals surface area contributed by atoms with Crippen LogP contribution in [-0.2, 0) is 11.3 Å². The number of hydrogen-bond donors (Lipinski definition) is 0. The van der Waals surface area contributed by atoms with Crippen molar-refractivity contribution in [3.8, 4) is 6.07 Å². The van der Waals surface area contributed by atoms with Crippen molar-refractivity contribution in [2.75, 3.05) is 7.05 Å². The largest absolute Gasteiger partial charge is 0.340 e. The summed E-state index contributed by atoms with van der Waals surface area (Å²) in [7, 11) is 1.69. The van der Waals surface area contributed by atoms with Crippen LogP contribution in [0.1, 0.15) is 12.5 Å². The van der Waals surface area contributed by atoms with Crippen molar-refractivity contribution in [3.63, 3.8) is 0 Å². The Balaban J connectivity index is 2.61. The van der Waals surface area contributed by atoms with E-state index in [0.29, 0.717) is 6.54 Å². The van der Waals surface area contributed by atoms with Crippen LogP contribution in [0.15, 0.2) is 24.5 Å². The molecular weight excluding hydrogens is 190 g/mol. The summed E-state index contributed by atoms with van der Waals surface area (Å²) in [6, 6.07) is 5.62. The lowest BCUT2D eigenvalue weighted by molar-refractivity contribution is -0.132. The highest BCUT2D eigenvalue weighted by Crippen LogP contribution is 2.05. The molecule has 0 aliphatic carbocycles. The molecule has 4 heteroatoms. The molecule has 15 heavy (non-hydrogen) atoms. The Morgan fingerprint density at radius 3 is 2.73 bits per heavy atom. The van der Waals surface area contributed by atoms with Gasteiger partial charge in [0.15, 0.2) is 0 Å². The summed E-state index contributed by atoms with van der Waals surface area (Å²) in [5.74, 6) is -0.744. The number of nitriles is 1. The lowest BCUT2D eigenvalue weighted by Crippen LogP contribution is -2.30. The molecule has 0 saturated heterocycles. The van der Waals surface area contributed by atoms with E-state index in [0.717, 1.165) is 5.56 Å². The molecule has 0 aliphatic rings. The van der Waals surface area contributed by atoms with Gasteiger partial charge in [-0.05, 0) is 24.6 Å². The molecule has 78 valence electrons. The number of rotatable bonds is 3. The second kappa shape index (κ2) is 5.11. The van der Waals surface area contributed by atoms with Gasteiger partial charge in [-0.2, -0.15) is 5.26 Å². The Morgan fingerprint density at radius 1 is 1.60 bits per heavy atom. The summed E-state index contributed by atoms with van der Waals surface area (Å²) in [4.78, 5) is 17.0. The molecule has 4 nitrogen and oxygen atoms in total. The molecule has 1 atom stereocenters. The van der Waals surface area contributed by atoms with Gasteiger partial charge in [-0.15, -0.1) is 0 Å². The zero-order valence-electron chi connectivity index (χ0n) is 8.84. The molecule has 0 aromatic carbocycles. The molecule has 0 bridgehead atoms. The van der Waals surface area contributed by atoms with Gasteiger partial charge in [0, 0.05) is 26.0 Å². The van der Waals surface area contributed by atoms with Gasteiger partial charge in [0.2, 0.25) is 5.91 Å². The third-order valence-electron chi connectivity index (χ3n) is 2.11. The number of nitrogens with zero attached hydrogens (tertiary/aromatic N) is 3. The van der Waals surface area contributed by atoms with Gasteiger partial charge in [-0.1, -0.05) is 0 Å². The van der Waals surface area contributed by atoms with Gasteiger partial charge in [-0.3, -0.25) is 9.78 Å². The van der Waals surface area contributed by atoms with Crippen LogP contribution in [0.5, 0.6) is 0 Å².